The van der Waals surface area contributed by atoms with E-state index in [1.807, 2.05) is 48.0 Å². The van der Waals surface area contributed by atoms with Gasteiger partial charge in [0.05, 0.1) is 41.7 Å². The van der Waals surface area contributed by atoms with Crippen molar-refractivity contribution < 1.29 is 14.3 Å². The van der Waals surface area contributed by atoms with E-state index in [9.17, 15) is 9.59 Å². The molecule has 46 heavy (non-hydrogen) atoms. The van der Waals surface area contributed by atoms with Crippen LogP contribution in [0.4, 0.5) is 22.5 Å². The number of piperazine rings is 1. The third-order valence-electron chi connectivity index (χ3n) is 7.48. The monoisotopic (exact) mass is 655 g/mol. The second kappa shape index (κ2) is 13.4. The molecule has 12 nitrogen and oxygen atoms in total. The molecule has 1 aliphatic heterocycles. The van der Waals surface area contributed by atoms with Crippen LogP contribution in [0, 0.1) is 6.92 Å². The molecule has 0 radical (unpaired) electrons. The van der Waals surface area contributed by atoms with Crippen molar-refractivity contribution in [2.75, 3.05) is 48.8 Å². The zero-order valence-corrected chi connectivity index (χ0v) is 26.7. The van der Waals surface area contributed by atoms with E-state index in [-0.39, 0.29) is 11.8 Å². The van der Waals surface area contributed by atoms with E-state index in [1.165, 1.54) is 23.6 Å². The Morgan fingerprint density at radius 1 is 1.11 bits per heavy atom. The first-order valence-electron chi connectivity index (χ1n) is 14.3. The highest BCUT2D eigenvalue weighted by Gasteiger charge is 2.24. The maximum atomic E-state index is 13.0. The number of nitrogens with one attached hydrogen (secondary N) is 2. The van der Waals surface area contributed by atoms with Gasteiger partial charge in [0.1, 0.15) is 4.88 Å². The average Bonchev–Trinajstić information content (AvgIpc) is 3.79. The molecule has 5 heterocycles. The minimum absolute atomic E-state index is 0.0720. The van der Waals surface area contributed by atoms with Crippen LogP contribution in [0.15, 0.2) is 80.2 Å². The van der Waals surface area contributed by atoms with E-state index < -0.39 is 0 Å². The Kier molecular flexibility index (Phi) is 8.94. The van der Waals surface area contributed by atoms with Gasteiger partial charge in [0, 0.05) is 50.3 Å². The number of halogens is 1. The van der Waals surface area contributed by atoms with Gasteiger partial charge in [-0.25, -0.2) is 19.9 Å². The normalized spacial score (nSPS) is 12.9. The Balaban J connectivity index is 1.25. The Morgan fingerprint density at radius 3 is 2.65 bits per heavy atom. The van der Waals surface area contributed by atoms with Crippen molar-refractivity contribution >= 4 is 57.2 Å². The number of amides is 2. The molecule has 4 aromatic heterocycles. The van der Waals surface area contributed by atoms with Gasteiger partial charge in [0.2, 0.25) is 5.91 Å². The molecule has 1 aromatic carbocycles. The predicted molar refractivity (Wildman–Crippen MR) is 180 cm³/mol. The smallest absolute Gasteiger partial charge is 0.267 e. The first kappa shape index (κ1) is 30.7. The molecule has 0 aliphatic carbocycles. The van der Waals surface area contributed by atoms with Crippen molar-refractivity contribution in [1.82, 2.24) is 29.4 Å². The van der Waals surface area contributed by atoms with Gasteiger partial charge in [-0.1, -0.05) is 41.6 Å². The van der Waals surface area contributed by atoms with Crippen molar-refractivity contribution in [3.05, 3.63) is 95.6 Å². The van der Waals surface area contributed by atoms with Crippen LogP contribution in [0.25, 0.3) is 16.9 Å². The largest absolute Gasteiger partial charge is 0.493 e. The van der Waals surface area contributed by atoms with Gasteiger partial charge in [-0.15, -0.1) is 0 Å². The van der Waals surface area contributed by atoms with Crippen LogP contribution < -0.4 is 20.3 Å². The molecule has 234 valence electrons. The Bertz CT molecular complexity index is 1880. The van der Waals surface area contributed by atoms with Gasteiger partial charge in [-0.2, -0.15) is 0 Å². The Labute approximate surface area is 274 Å². The number of carbonyl (C=O) groups is 2. The molecule has 2 amide bonds. The number of para-hydroxylation sites is 1. The van der Waals surface area contributed by atoms with E-state index in [0.29, 0.717) is 64.2 Å². The summed E-state index contributed by atoms with van der Waals surface area (Å²) < 4.78 is 7.48. The fourth-order valence-corrected chi connectivity index (χ4v) is 6.03. The Morgan fingerprint density at radius 2 is 1.93 bits per heavy atom. The molecule has 2 N–H and O–H groups in total. The molecule has 1 saturated heterocycles. The van der Waals surface area contributed by atoms with E-state index in [2.05, 4.69) is 32.1 Å². The highest BCUT2D eigenvalue weighted by molar-refractivity contribution is 7.17. The summed E-state index contributed by atoms with van der Waals surface area (Å²) in [5, 5.41) is 7.00. The maximum Gasteiger partial charge on any atom is 0.267 e. The molecule has 14 heteroatoms. The van der Waals surface area contributed by atoms with Gasteiger partial charge < -0.3 is 29.7 Å². The topological polar surface area (TPSA) is 130 Å². The van der Waals surface area contributed by atoms with Crippen LogP contribution in [0.3, 0.4) is 0 Å². The number of ether oxygens (including phenoxy) is 1. The van der Waals surface area contributed by atoms with Crippen molar-refractivity contribution in [1.29, 1.82) is 0 Å². The minimum Gasteiger partial charge on any atom is -0.493 e. The van der Waals surface area contributed by atoms with Crippen molar-refractivity contribution in [2.45, 2.75) is 6.92 Å². The third-order valence-corrected chi connectivity index (χ3v) is 8.71. The number of pyridine rings is 2. The fraction of sp³-hybridized carbons (Fsp3) is 0.188. The van der Waals surface area contributed by atoms with Gasteiger partial charge in [0.25, 0.3) is 5.91 Å². The predicted octanol–water partition coefficient (Wildman–Crippen LogP) is 5.59. The molecular formula is C32H30ClN9O3S. The first-order chi connectivity index (χ1) is 22.3. The van der Waals surface area contributed by atoms with Crippen LogP contribution in [-0.4, -0.2) is 74.5 Å². The number of aryl methyl sites for hydroxylation is 1. The molecule has 0 atom stereocenters. The zero-order valence-electron chi connectivity index (χ0n) is 25.1. The zero-order chi connectivity index (χ0) is 32.2. The van der Waals surface area contributed by atoms with E-state index in [4.69, 9.17) is 26.3 Å². The van der Waals surface area contributed by atoms with E-state index in [1.54, 1.807) is 36.8 Å². The Hall–Kier alpha value is -5.27. The second-order valence-electron chi connectivity index (χ2n) is 10.3. The first-order valence-corrected chi connectivity index (χ1v) is 15.5. The van der Waals surface area contributed by atoms with Crippen LogP contribution >= 0.6 is 22.9 Å². The molecule has 0 saturated carbocycles. The molecule has 1 aliphatic rings. The average molecular weight is 656 g/mol. The SMILES string of the molecule is C=CC(=O)N1CCN(c2ncc(-c3ccc(OC)c(Nc4ncc(C(=O)Nc5c(C)cccc5Cl)s4)n3)cc2-n2ccnc2)CC1. The highest BCUT2D eigenvalue weighted by Crippen LogP contribution is 2.34. The summed E-state index contributed by atoms with van der Waals surface area (Å²) in [6.07, 6.45) is 9.91. The summed E-state index contributed by atoms with van der Waals surface area (Å²) in [7, 11) is 1.56. The lowest BCUT2D eigenvalue weighted by molar-refractivity contribution is -0.126. The van der Waals surface area contributed by atoms with Crippen molar-refractivity contribution in [2.24, 2.45) is 0 Å². The number of benzene rings is 1. The number of anilines is 4. The quantitative estimate of drug-likeness (QED) is 0.195. The third kappa shape index (κ3) is 6.41. The molecular weight excluding hydrogens is 626 g/mol. The standard InChI is InChI=1S/C32H30ClN9O3S/c1-4-27(43)40-12-14-41(15-13-40)30-24(42-11-10-34-19-42)16-21(17-35-30)23-8-9-25(45-3)29(37-23)39-32-36-18-26(46-32)31(44)38-28-20(2)6-5-7-22(28)33/h4-11,16-19H,1,12-15H2,2-3H3,(H,38,44)(H,36,37,39). The number of thiazole rings is 1. The summed E-state index contributed by atoms with van der Waals surface area (Å²) in [5.74, 6) is 1.32. The van der Waals surface area contributed by atoms with Gasteiger partial charge in [0.15, 0.2) is 22.5 Å². The number of methoxy groups -OCH3 is 1. The number of rotatable bonds is 9. The van der Waals surface area contributed by atoms with Crippen LogP contribution in [0.5, 0.6) is 5.75 Å². The number of imidazole rings is 1. The highest BCUT2D eigenvalue weighted by atomic mass is 35.5. The molecule has 5 aromatic rings. The summed E-state index contributed by atoms with van der Waals surface area (Å²) in [6, 6.07) is 11.1. The lowest BCUT2D eigenvalue weighted by Crippen LogP contribution is -2.48. The van der Waals surface area contributed by atoms with Crippen LogP contribution in [0.1, 0.15) is 15.2 Å². The van der Waals surface area contributed by atoms with E-state index >= 15 is 0 Å². The molecule has 6 rings (SSSR count). The van der Waals surface area contributed by atoms with Gasteiger partial charge in [-0.05, 0) is 42.8 Å². The number of nitrogens with zero attached hydrogens (tertiary/aromatic N) is 7. The lowest BCUT2D eigenvalue weighted by atomic mass is 10.1. The van der Waals surface area contributed by atoms with Crippen LogP contribution in [0.2, 0.25) is 5.02 Å². The van der Waals surface area contributed by atoms with Gasteiger partial charge in [-0.3, -0.25) is 9.59 Å². The molecule has 1 fully saturated rings. The number of aromatic nitrogens is 5. The number of carbonyl (C=O) groups excluding carboxylic acids is 2. The van der Waals surface area contributed by atoms with Crippen molar-refractivity contribution in [3.8, 4) is 22.7 Å². The summed E-state index contributed by atoms with van der Waals surface area (Å²) in [6.45, 7) is 7.89. The summed E-state index contributed by atoms with van der Waals surface area (Å²) >= 11 is 7.47. The molecule has 0 bridgehead atoms. The van der Waals surface area contributed by atoms with Crippen molar-refractivity contribution in [3.63, 3.8) is 0 Å². The number of hydrogen-bond acceptors (Lipinski definition) is 10. The number of hydrogen-bond donors (Lipinski definition) is 2. The fourth-order valence-electron chi connectivity index (χ4n) is 5.05. The minimum atomic E-state index is -0.317. The summed E-state index contributed by atoms with van der Waals surface area (Å²) in [4.78, 5) is 47.7. The second-order valence-corrected chi connectivity index (χ2v) is 11.8. The summed E-state index contributed by atoms with van der Waals surface area (Å²) in [5.41, 5.74) is 3.67. The molecule has 0 spiro atoms. The maximum absolute atomic E-state index is 13.0. The van der Waals surface area contributed by atoms with E-state index in [0.717, 1.165) is 22.6 Å². The van der Waals surface area contributed by atoms with Crippen LogP contribution in [-0.2, 0) is 4.79 Å². The van der Waals surface area contributed by atoms with Gasteiger partial charge >= 0.3 is 0 Å². The lowest BCUT2D eigenvalue weighted by Gasteiger charge is -2.35. The molecule has 0 unspecified atom stereocenters.